The van der Waals surface area contributed by atoms with Crippen molar-refractivity contribution in [1.29, 1.82) is 0 Å². The largest absolute Gasteiger partial charge is 0.480 e. The number of carbonyl (C=O) groups is 1. The van der Waals surface area contributed by atoms with Gasteiger partial charge < -0.3 is 10.1 Å². The van der Waals surface area contributed by atoms with Gasteiger partial charge in [0.1, 0.15) is 5.75 Å². The van der Waals surface area contributed by atoms with Gasteiger partial charge in [-0.3, -0.25) is 9.78 Å². The topological polar surface area (TPSA) is 51.2 Å². The Hall–Kier alpha value is -1.88. The predicted molar refractivity (Wildman–Crippen MR) is 81.8 cm³/mol. The highest BCUT2D eigenvalue weighted by molar-refractivity contribution is 9.10. The first-order chi connectivity index (χ1) is 9.58. The van der Waals surface area contributed by atoms with Crippen molar-refractivity contribution in [2.45, 2.75) is 20.0 Å². The fraction of sp³-hybridized carbons (Fsp3) is 0.200. The van der Waals surface area contributed by atoms with Crippen LogP contribution in [0.25, 0.3) is 0 Å². The highest BCUT2D eigenvalue weighted by atomic mass is 79.9. The van der Waals surface area contributed by atoms with Crippen molar-refractivity contribution in [2.24, 2.45) is 0 Å². The second-order valence-corrected chi connectivity index (χ2v) is 5.22. The molecule has 1 aromatic heterocycles. The summed E-state index contributed by atoms with van der Waals surface area (Å²) in [6.45, 7) is 3.62. The standard InChI is InChI=1S/C15H15BrN2O2/c1-10-7-8-17-9-13(10)18-15(19)11(2)20-14-6-4-3-5-12(14)16/h3-9,11H,1-2H3,(H,18,19)/t11-/m0/s1. The van der Waals surface area contributed by atoms with E-state index >= 15 is 0 Å². The molecule has 0 unspecified atom stereocenters. The maximum atomic E-state index is 12.1. The molecule has 0 radical (unpaired) electrons. The van der Waals surface area contributed by atoms with Crippen LogP contribution >= 0.6 is 15.9 Å². The van der Waals surface area contributed by atoms with Gasteiger partial charge in [0.2, 0.25) is 0 Å². The molecule has 0 aliphatic carbocycles. The Kier molecular flexibility index (Phi) is 4.74. The van der Waals surface area contributed by atoms with E-state index in [0.717, 1.165) is 10.0 Å². The van der Waals surface area contributed by atoms with Crippen molar-refractivity contribution >= 4 is 27.5 Å². The van der Waals surface area contributed by atoms with E-state index in [1.807, 2.05) is 37.3 Å². The number of rotatable bonds is 4. The maximum absolute atomic E-state index is 12.1. The Morgan fingerprint density at radius 3 is 2.80 bits per heavy atom. The van der Waals surface area contributed by atoms with Gasteiger partial charge in [-0.1, -0.05) is 12.1 Å². The van der Waals surface area contributed by atoms with Crippen molar-refractivity contribution in [3.8, 4) is 5.75 Å². The Morgan fingerprint density at radius 2 is 2.10 bits per heavy atom. The number of pyridine rings is 1. The lowest BCUT2D eigenvalue weighted by atomic mass is 10.2. The third-order valence-electron chi connectivity index (χ3n) is 2.81. The molecule has 0 aliphatic heterocycles. The number of aromatic nitrogens is 1. The smallest absolute Gasteiger partial charge is 0.265 e. The molecule has 2 rings (SSSR count). The number of nitrogens with zero attached hydrogens (tertiary/aromatic N) is 1. The van der Waals surface area contributed by atoms with Crippen LogP contribution in [0, 0.1) is 6.92 Å². The first-order valence-electron chi connectivity index (χ1n) is 6.20. The second-order valence-electron chi connectivity index (χ2n) is 4.37. The van der Waals surface area contributed by atoms with Crippen LogP contribution in [0.15, 0.2) is 47.2 Å². The molecule has 20 heavy (non-hydrogen) atoms. The number of ether oxygens (including phenoxy) is 1. The van der Waals surface area contributed by atoms with E-state index in [9.17, 15) is 4.79 Å². The molecule has 4 nitrogen and oxygen atoms in total. The lowest BCUT2D eigenvalue weighted by Crippen LogP contribution is -2.30. The quantitative estimate of drug-likeness (QED) is 0.929. The number of hydrogen-bond acceptors (Lipinski definition) is 3. The van der Waals surface area contributed by atoms with Gasteiger partial charge in [-0.2, -0.15) is 0 Å². The van der Waals surface area contributed by atoms with Crippen LogP contribution in [-0.4, -0.2) is 17.0 Å². The zero-order valence-corrected chi connectivity index (χ0v) is 12.8. The van der Waals surface area contributed by atoms with E-state index in [0.29, 0.717) is 11.4 Å². The number of amides is 1. The molecule has 0 bridgehead atoms. The van der Waals surface area contributed by atoms with Gasteiger partial charge >= 0.3 is 0 Å². The van der Waals surface area contributed by atoms with Gasteiger partial charge in [-0.05, 0) is 53.5 Å². The molecule has 0 aliphatic rings. The van der Waals surface area contributed by atoms with Crippen LogP contribution in [0.2, 0.25) is 0 Å². The predicted octanol–water partition coefficient (Wildman–Crippen LogP) is 3.56. The minimum Gasteiger partial charge on any atom is -0.480 e. The molecule has 1 aromatic carbocycles. The van der Waals surface area contributed by atoms with E-state index in [4.69, 9.17) is 4.74 Å². The van der Waals surface area contributed by atoms with Gasteiger partial charge in [0, 0.05) is 6.20 Å². The van der Waals surface area contributed by atoms with E-state index in [1.165, 1.54) is 0 Å². The summed E-state index contributed by atoms with van der Waals surface area (Å²) in [5, 5.41) is 2.81. The summed E-state index contributed by atoms with van der Waals surface area (Å²) in [6.07, 6.45) is 2.71. The third-order valence-corrected chi connectivity index (χ3v) is 3.46. The first kappa shape index (κ1) is 14.5. The van der Waals surface area contributed by atoms with Crippen LogP contribution in [0.1, 0.15) is 12.5 Å². The van der Waals surface area contributed by atoms with Crippen LogP contribution in [0.3, 0.4) is 0 Å². The minimum atomic E-state index is -0.603. The fourth-order valence-electron chi connectivity index (χ4n) is 1.61. The lowest BCUT2D eigenvalue weighted by Gasteiger charge is -2.16. The van der Waals surface area contributed by atoms with Crippen LogP contribution in [0.5, 0.6) is 5.75 Å². The number of anilines is 1. The van der Waals surface area contributed by atoms with Gasteiger partial charge in [-0.25, -0.2) is 0 Å². The van der Waals surface area contributed by atoms with Crippen molar-refractivity contribution in [3.05, 3.63) is 52.8 Å². The number of nitrogens with one attached hydrogen (secondary N) is 1. The summed E-state index contributed by atoms with van der Waals surface area (Å²) in [5.74, 6) is 0.426. The van der Waals surface area contributed by atoms with Gasteiger partial charge in [0.15, 0.2) is 6.10 Å². The van der Waals surface area contributed by atoms with Crippen molar-refractivity contribution < 1.29 is 9.53 Å². The summed E-state index contributed by atoms with van der Waals surface area (Å²) >= 11 is 3.39. The number of para-hydroxylation sites is 1. The third kappa shape index (κ3) is 3.57. The lowest BCUT2D eigenvalue weighted by molar-refractivity contribution is -0.122. The van der Waals surface area contributed by atoms with Crippen LogP contribution in [0.4, 0.5) is 5.69 Å². The van der Waals surface area contributed by atoms with Crippen molar-refractivity contribution in [3.63, 3.8) is 0 Å². The highest BCUT2D eigenvalue weighted by Gasteiger charge is 2.16. The monoisotopic (exact) mass is 334 g/mol. The molecule has 1 N–H and O–H groups in total. The Morgan fingerprint density at radius 1 is 1.35 bits per heavy atom. The summed E-state index contributed by atoms with van der Waals surface area (Å²) in [4.78, 5) is 16.1. The van der Waals surface area contributed by atoms with E-state index in [1.54, 1.807) is 19.3 Å². The summed E-state index contributed by atoms with van der Waals surface area (Å²) in [6, 6.07) is 9.26. The molecule has 1 heterocycles. The van der Waals surface area contributed by atoms with E-state index < -0.39 is 6.10 Å². The average molecular weight is 335 g/mol. The zero-order chi connectivity index (χ0) is 14.5. The van der Waals surface area contributed by atoms with E-state index in [2.05, 4.69) is 26.2 Å². The van der Waals surface area contributed by atoms with Crippen molar-refractivity contribution in [2.75, 3.05) is 5.32 Å². The molecule has 104 valence electrons. The molecule has 0 saturated carbocycles. The molecular formula is C15H15BrN2O2. The number of hydrogen-bond donors (Lipinski definition) is 1. The Balaban J connectivity index is 2.03. The summed E-state index contributed by atoms with van der Waals surface area (Å²) in [5.41, 5.74) is 1.65. The molecule has 1 amide bonds. The van der Waals surface area contributed by atoms with Gasteiger partial charge in [0.25, 0.3) is 5.91 Å². The average Bonchev–Trinajstić information content (AvgIpc) is 2.43. The molecule has 0 spiro atoms. The van der Waals surface area contributed by atoms with E-state index in [-0.39, 0.29) is 5.91 Å². The van der Waals surface area contributed by atoms with Gasteiger partial charge in [-0.15, -0.1) is 0 Å². The highest BCUT2D eigenvalue weighted by Crippen LogP contribution is 2.25. The Bertz CT molecular complexity index is 616. The molecule has 1 atom stereocenters. The number of carbonyl (C=O) groups excluding carboxylic acids is 1. The first-order valence-corrected chi connectivity index (χ1v) is 7.00. The summed E-state index contributed by atoms with van der Waals surface area (Å²) < 4.78 is 6.46. The molecular weight excluding hydrogens is 320 g/mol. The van der Waals surface area contributed by atoms with Crippen LogP contribution < -0.4 is 10.1 Å². The number of halogens is 1. The number of aryl methyl sites for hydroxylation is 1. The second kappa shape index (κ2) is 6.52. The Labute approximate surface area is 126 Å². The summed E-state index contributed by atoms with van der Waals surface area (Å²) in [7, 11) is 0. The molecule has 0 fully saturated rings. The van der Waals surface area contributed by atoms with Crippen LogP contribution in [-0.2, 0) is 4.79 Å². The molecule has 5 heteroatoms. The van der Waals surface area contributed by atoms with Gasteiger partial charge in [0.05, 0.1) is 16.4 Å². The molecule has 2 aromatic rings. The SMILES string of the molecule is Cc1ccncc1NC(=O)[C@H](C)Oc1ccccc1Br. The normalized spacial score (nSPS) is 11.8. The minimum absolute atomic E-state index is 0.211. The fourth-order valence-corrected chi connectivity index (χ4v) is 1.99. The maximum Gasteiger partial charge on any atom is 0.265 e. The zero-order valence-electron chi connectivity index (χ0n) is 11.3. The number of benzene rings is 1. The van der Waals surface area contributed by atoms with Crippen molar-refractivity contribution in [1.82, 2.24) is 4.98 Å². The molecule has 0 saturated heterocycles.